The van der Waals surface area contributed by atoms with E-state index < -0.39 is 29.8 Å². The first-order valence-corrected chi connectivity index (χ1v) is 11.2. The van der Waals surface area contributed by atoms with Crippen molar-refractivity contribution < 1.29 is 38.5 Å². The van der Waals surface area contributed by atoms with E-state index in [9.17, 15) is 24.3 Å². The van der Waals surface area contributed by atoms with Gasteiger partial charge >= 0.3 is 17.8 Å². The zero-order chi connectivity index (χ0) is 24.4. The first-order valence-electron chi connectivity index (χ1n) is 10.4. The number of amides is 2. The second kappa shape index (κ2) is 9.53. The summed E-state index contributed by atoms with van der Waals surface area (Å²) < 4.78 is 11.2. The third-order valence-electron chi connectivity index (χ3n) is 5.25. The van der Waals surface area contributed by atoms with Crippen LogP contribution in [0, 0.1) is 0 Å². The number of benzene rings is 1. The Morgan fingerprint density at radius 3 is 2.76 bits per heavy atom. The van der Waals surface area contributed by atoms with Crippen LogP contribution in [0.4, 0.5) is 5.00 Å². The first kappa shape index (κ1) is 23.3. The Bertz CT molecular complexity index is 1290. The van der Waals surface area contributed by atoms with Crippen LogP contribution in [0.15, 0.2) is 28.7 Å². The number of fused-ring (bicyclic) bond motifs is 2. The van der Waals surface area contributed by atoms with E-state index in [2.05, 4.69) is 16.0 Å². The number of carbonyl (C=O) groups excluding carboxylic acids is 2. The van der Waals surface area contributed by atoms with Gasteiger partial charge in [-0.15, -0.1) is 11.3 Å². The number of carboxylic acids is 2. The molecule has 4 rings (SSSR count). The number of aromatic carboxylic acids is 1. The van der Waals surface area contributed by atoms with Crippen LogP contribution in [0.25, 0.3) is 11.0 Å². The molecule has 3 heterocycles. The van der Waals surface area contributed by atoms with Crippen LogP contribution < -0.4 is 20.7 Å². The molecule has 178 valence electrons. The largest absolute Gasteiger partial charge is 0.490 e. The molecule has 12 heteroatoms. The molecule has 2 aromatic heterocycles. The molecule has 0 radical (unpaired) electrons. The Labute approximate surface area is 196 Å². The second-order valence-corrected chi connectivity index (χ2v) is 8.45. The molecule has 3 aromatic rings. The van der Waals surface area contributed by atoms with Gasteiger partial charge in [-0.25, -0.2) is 9.59 Å². The topological polar surface area (TPSA) is 167 Å². The lowest BCUT2D eigenvalue weighted by atomic mass is 9.99. The number of para-hydroxylation sites is 1. The summed E-state index contributed by atoms with van der Waals surface area (Å²) in [5.74, 6) is -4.13. The van der Waals surface area contributed by atoms with Crippen molar-refractivity contribution in [2.24, 2.45) is 0 Å². The fourth-order valence-electron chi connectivity index (χ4n) is 3.81. The van der Waals surface area contributed by atoms with Crippen LogP contribution in [-0.4, -0.2) is 53.7 Å². The van der Waals surface area contributed by atoms with Crippen molar-refractivity contribution in [2.75, 3.05) is 25.0 Å². The fraction of sp³-hybridized carbons (Fsp3) is 0.273. The van der Waals surface area contributed by atoms with Crippen molar-refractivity contribution in [3.63, 3.8) is 0 Å². The predicted molar refractivity (Wildman–Crippen MR) is 122 cm³/mol. The molecule has 34 heavy (non-hydrogen) atoms. The minimum Gasteiger partial charge on any atom is -0.490 e. The Balaban J connectivity index is 1.54. The number of hydrogen-bond acceptors (Lipinski definition) is 8. The smallest absolute Gasteiger partial charge is 0.394 e. The zero-order valence-electron chi connectivity index (χ0n) is 18.0. The van der Waals surface area contributed by atoms with Gasteiger partial charge in [0.2, 0.25) is 0 Å². The first-order chi connectivity index (χ1) is 16.3. The summed E-state index contributed by atoms with van der Waals surface area (Å²) >= 11 is 0.973. The van der Waals surface area contributed by atoms with Crippen LogP contribution >= 0.6 is 11.3 Å². The molecule has 0 saturated carbocycles. The van der Waals surface area contributed by atoms with E-state index >= 15 is 0 Å². The maximum Gasteiger partial charge on any atom is 0.394 e. The van der Waals surface area contributed by atoms with Gasteiger partial charge in [-0.2, -0.15) is 0 Å². The molecule has 0 saturated heterocycles. The molecular weight excluding hydrogens is 466 g/mol. The number of furan rings is 1. The Morgan fingerprint density at radius 1 is 1.26 bits per heavy atom. The molecule has 5 N–H and O–H groups in total. The molecule has 0 spiro atoms. The number of carboxylic acid groups (broad SMARTS) is 2. The van der Waals surface area contributed by atoms with E-state index in [4.69, 9.17) is 14.3 Å². The van der Waals surface area contributed by atoms with Gasteiger partial charge in [-0.1, -0.05) is 12.1 Å². The highest BCUT2D eigenvalue weighted by Gasteiger charge is 2.32. The fourth-order valence-corrected chi connectivity index (χ4v) is 5.12. The summed E-state index contributed by atoms with van der Waals surface area (Å²) in [4.78, 5) is 47.7. The number of thiophene rings is 1. The van der Waals surface area contributed by atoms with Crippen molar-refractivity contribution in [3.05, 3.63) is 46.0 Å². The van der Waals surface area contributed by atoms with E-state index in [-0.39, 0.29) is 22.9 Å². The monoisotopic (exact) mass is 487 g/mol. The molecular formula is C22H21N3O8S. The van der Waals surface area contributed by atoms with Crippen molar-refractivity contribution >= 4 is 51.1 Å². The third kappa shape index (κ3) is 4.45. The molecule has 1 aromatic carbocycles. The number of ether oxygens (including phenoxy) is 1. The Hall–Kier alpha value is -3.90. The minimum atomic E-state index is -1.72. The number of nitrogens with one attached hydrogen (secondary N) is 3. The van der Waals surface area contributed by atoms with Crippen molar-refractivity contribution in [1.82, 2.24) is 10.6 Å². The molecule has 0 aliphatic carbocycles. The normalized spacial score (nSPS) is 14.9. The van der Waals surface area contributed by atoms with Crippen LogP contribution in [-0.2, 0) is 16.0 Å². The zero-order valence-corrected chi connectivity index (χ0v) is 18.8. The standard InChI is InChI=1S/C22H21N3O8S/c1-2-32-13-5-3-4-10-8-14(33-16(10)13)18(26)24-9-12-17-11(6-7-23-12)15(21(28)29)20(34-17)25-19(27)22(30)31/h3-5,8,12,23H,2,6-7,9H2,1H3,(H,24,26)(H,25,27)(H,28,29)(H,30,31)/t12-/m0/s1. The molecule has 1 aliphatic heterocycles. The molecule has 0 unspecified atom stereocenters. The van der Waals surface area contributed by atoms with Crippen molar-refractivity contribution in [3.8, 4) is 5.75 Å². The van der Waals surface area contributed by atoms with E-state index in [1.165, 1.54) is 0 Å². The summed E-state index contributed by atoms with van der Waals surface area (Å²) in [5.41, 5.74) is 0.838. The summed E-state index contributed by atoms with van der Waals surface area (Å²) in [7, 11) is 0. The molecule has 0 bridgehead atoms. The third-order valence-corrected chi connectivity index (χ3v) is 6.52. The summed E-state index contributed by atoms with van der Waals surface area (Å²) in [5, 5.41) is 27.3. The minimum absolute atomic E-state index is 0.0503. The molecule has 0 fully saturated rings. The van der Waals surface area contributed by atoms with Crippen LogP contribution in [0.2, 0.25) is 0 Å². The summed E-state index contributed by atoms with van der Waals surface area (Å²) in [6.45, 7) is 2.86. The summed E-state index contributed by atoms with van der Waals surface area (Å²) in [6, 6.07) is 6.53. The van der Waals surface area contributed by atoms with Gasteiger partial charge in [0.25, 0.3) is 5.91 Å². The van der Waals surface area contributed by atoms with E-state index in [0.717, 1.165) is 16.7 Å². The Kier molecular flexibility index (Phi) is 6.52. The van der Waals surface area contributed by atoms with E-state index in [1.54, 1.807) is 24.3 Å². The second-order valence-electron chi connectivity index (χ2n) is 7.40. The molecule has 1 aliphatic rings. The lowest BCUT2D eigenvalue weighted by molar-refractivity contribution is -0.147. The maximum atomic E-state index is 12.8. The van der Waals surface area contributed by atoms with Crippen LogP contribution in [0.3, 0.4) is 0 Å². The molecule has 11 nitrogen and oxygen atoms in total. The van der Waals surface area contributed by atoms with Gasteiger partial charge in [0.05, 0.1) is 18.2 Å². The number of hydrogen-bond donors (Lipinski definition) is 5. The lowest BCUT2D eigenvalue weighted by Crippen LogP contribution is -2.38. The van der Waals surface area contributed by atoms with Gasteiger partial charge in [0.15, 0.2) is 17.1 Å². The number of anilines is 1. The highest BCUT2D eigenvalue weighted by Crippen LogP contribution is 2.39. The quantitative estimate of drug-likeness (QED) is 0.314. The van der Waals surface area contributed by atoms with Gasteiger partial charge in [-0.3, -0.25) is 9.59 Å². The molecule has 2 amide bonds. The van der Waals surface area contributed by atoms with E-state index in [0.29, 0.717) is 41.3 Å². The van der Waals surface area contributed by atoms with Gasteiger partial charge < -0.3 is 35.3 Å². The molecule has 1 atom stereocenters. The highest BCUT2D eigenvalue weighted by molar-refractivity contribution is 7.17. The SMILES string of the molecule is CCOc1cccc2cc(C(=O)NC[C@@H]3NCCc4c3sc(NC(=O)C(=O)O)c4C(=O)O)oc12. The maximum absolute atomic E-state index is 12.8. The van der Waals surface area contributed by atoms with Gasteiger partial charge in [-0.05, 0) is 37.6 Å². The number of rotatable bonds is 7. The van der Waals surface area contributed by atoms with Crippen LogP contribution in [0.1, 0.15) is 44.3 Å². The highest BCUT2D eigenvalue weighted by atomic mass is 32.1. The average Bonchev–Trinajstić information content (AvgIpc) is 3.40. The Morgan fingerprint density at radius 2 is 2.06 bits per heavy atom. The van der Waals surface area contributed by atoms with Gasteiger partial charge in [0, 0.05) is 16.8 Å². The number of carbonyl (C=O) groups is 4. The van der Waals surface area contributed by atoms with Crippen molar-refractivity contribution in [1.29, 1.82) is 0 Å². The summed E-state index contributed by atoms with van der Waals surface area (Å²) in [6.07, 6.45) is 0.380. The van der Waals surface area contributed by atoms with Crippen LogP contribution in [0.5, 0.6) is 5.75 Å². The predicted octanol–water partition coefficient (Wildman–Crippen LogP) is 2.23. The van der Waals surface area contributed by atoms with Gasteiger partial charge in [0.1, 0.15) is 5.00 Å². The number of aliphatic carboxylic acids is 1. The van der Waals surface area contributed by atoms with Crippen molar-refractivity contribution in [2.45, 2.75) is 19.4 Å². The average molecular weight is 487 g/mol. The van der Waals surface area contributed by atoms with E-state index in [1.807, 2.05) is 6.92 Å². The lowest BCUT2D eigenvalue weighted by Gasteiger charge is -2.24.